The van der Waals surface area contributed by atoms with Crippen molar-refractivity contribution in [2.45, 2.75) is 25.3 Å². The van der Waals surface area contributed by atoms with Crippen LogP contribution in [0.5, 0.6) is 0 Å². The molecule has 19 heavy (non-hydrogen) atoms. The molecular weight excluding hydrogens is 330 g/mol. The standard InChI is InChI=1S/C12H12BrN3O2S/c13-10-6-14-12(19-10)15-11(18)8-3-4-9(17)7-2-1-5-16(7)8/h2,6,8H,1,3-5H2,(H,14,15,18). The van der Waals surface area contributed by atoms with Crippen molar-refractivity contribution in [1.29, 1.82) is 0 Å². The average Bonchev–Trinajstić information content (AvgIpc) is 2.99. The first-order chi connectivity index (χ1) is 9.15. The predicted octanol–water partition coefficient (Wildman–Crippen LogP) is 2.17. The Labute approximate surface area is 122 Å². The Morgan fingerprint density at radius 1 is 1.58 bits per heavy atom. The van der Waals surface area contributed by atoms with Gasteiger partial charge in [0.2, 0.25) is 5.91 Å². The Hall–Kier alpha value is -1.21. The number of hydrogen-bond donors (Lipinski definition) is 1. The highest BCUT2D eigenvalue weighted by Gasteiger charge is 2.37. The third kappa shape index (κ3) is 2.44. The van der Waals surface area contributed by atoms with Crippen molar-refractivity contribution < 1.29 is 9.59 Å². The van der Waals surface area contributed by atoms with Gasteiger partial charge in [-0.25, -0.2) is 4.98 Å². The molecule has 0 aromatic carbocycles. The summed E-state index contributed by atoms with van der Waals surface area (Å²) in [4.78, 5) is 30.0. The molecule has 1 unspecified atom stereocenters. The lowest BCUT2D eigenvalue weighted by Gasteiger charge is -2.34. The molecule has 1 atom stereocenters. The van der Waals surface area contributed by atoms with Crippen LogP contribution in [-0.4, -0.2) is 34.2 Å². The minimum absolute atomic E-state index is 0.0813. The van der Waals surface area contributed by atoms with E-state index < -0.39 is 0 Å². The molecule has 1 N–H and O–H groups in total. The lowest BCUT2D eigenvalue weighted by atomic mass is 9.99. The van der Waals surface area contributed by atoms with Gasteiger partial charge in [0.1, 0.15) is 6.04 Å². The summed E-state index contributed by atoms with van der Waals surface area (Å²) in [5.41, 5.74) is 0.715. The number of ketones is 1. The first-order valence-corrected chi connectivity index (χ1v) is 7.68. The molecule has 2 aliphatic heterocycles. The molecule has 1 aromatic rings. The summed E-state index contributed by atoms with van der Waals surface area (Å²) in [6.45, 7) is 0.751. The summed E-state index contributed by atoms with van der Waals surface area (Å²) in [5, 5.41) is 3.40. The van der Waals surface area contributed by atoms with Gasteiger partial charge in [-0.05, 0) is 28.8 Å². The van der Waals surface area contributed by atoms with Gasteiger partial charge in [-0.3, -0.25) is 9.59 Å². The van der Waals surface area contributed by atoms with E-state index in [9.17, 15) is 9.59 Å². The van der Waals surface area contributed by atoms with Crippen LogP contribution in [0.25, 0.3) is 0 Å². The lowest BCUT2D eigenvalue weighted by molar-refractivity contribution is -0.125. The van der Waals surface area contributed by atoms with E-state index in [4.69, 9.17) is 0 Å². The third-order valence-electron chi connectivity index (χ3n) is 3.33. The molecule has 1 fully saturated rings. The number of piperidine rings is 1. The quantitative estimate of drug-likeness (QED) is 0.895. The summed E-state index contributed by atoms with van der Waals surface area (Å²) in [6, 6.07) is -0.255. The second-order valence-electron chi connectivity index (χ2n) is 4.51. The highest BCUT2D eigenvalue weighted by Crippen LogP contribution is 2.29. The fraction of sp³-hybridized carbons (Fsp3) is 0.417. The van der Waals surface area contributed by atoms with Gasteiger partial charge < -0.3 is 10.2 Å². The second-order valence-corrected chi connectivity index (χ2v) is 6.92. The topological polar surface area (TPSA) is 62.3 Å². The van der Waals surface area contributed by atoms with E-state index in [2.05, 4.69) is 26.2 Å². The van der Waals surface area contributed by atoms with Gasteiger partial charge in [-0.15, -0.1) is 0 Å². The van der Waals surface area contributed by atoms with E-state index in [0.29, 0.717) is 23.7 Å². The number of Topliss-reactive ketones (excluding diaryl/α,β-unsaturated/α-hetero) is 1. The van der Waals surface area contributed by atoms with Gasteiger partial charge in [0.05, 0.1) is 15.7 Å². The number of anilines is 1. The monoisotopic (exact) mass is 341 g/mol. The number of fused-ring (bicyclic) bond motifs is 1. The molecule has 7 heteroatoms. The van der Waals surface area contributed by atoms with Gasteiger partial charge >= 0.3 is 0 Å². The summed E-state index contributed by atoms with van der Waals surface area (Å²) in [6.07, 6.45) is 5.46. The van der Waals surface area contributed by atoms with E-state index in [0.717, 1.165) is 16.8 Å². The molecule has 3 heterocycles. The molecule has 0 aliphatic carbocycles. The molecular formula is C12H12BrN3O2S. The SMILES string of the molecule is O=C1CCC(C(=O)Nc2ncc(Br)s2)N2CCC=C12. The van der Waals surface area contributed by atoms with E-state index in [1.807, 2.05) is 11.0 Å². The summed E-state index contributed by atoms with van der Waals surface area (Å²) in [5.74, 6) is 0.0701. The van der Waals surface area contributed by atoms with Gasteiger partial charge in [-0.2, -0.15) is 0 Å². The minimum Gasteiger partial charge on any atom is -0.357 e. The van der Waals surface area contributed by atoms with Crippen LogP contribution in [0, 0.1) is 0 Å². The lowest BCUT2D eigenvalue weighted by Crippen LogP contribution is -2.47. The van der Waals surface area contributed by atoms with Crippen molar-refractivity contribution in [1.82, 2.24) is 9.88 Å². The molecule has 0 bridgehead atoms. The van der Waals surface area contributed by atoms with E-state index in [1.165, 1.54) is 11.3 Å². The van der Waals surface area contributed by atoms with Gasteiger partial charge in [0, 0.05) is 13.0 Å². The van der Waals surface area contributed by atoms with Crippen LogP contribution in [0.4, 0.5) is 5.13 Å². The molecule has 100 valence electrons. The van der Waals surface area contributed by atoms with Crippen molar-refractivity contribution in [2.24, 2.45) is 0 Å². The predicted molar refractivity (Wildman–Crippen MR) is 75.9 cm³/mol. The highest BCUT2D eigenvalue weighted by molar-refractivity contribution is 9.11. The summed E-state index contributed by atoms with van der Waals surface area (Å²) in [7, 11) is 0. The van der Waals surface area contributed by atoms with Crippen LogP contribution in [0.3, 0.4) is 0 Å². The van der Waals surface area contributed by atoms with Crippen LogP contribution in [-0.2, 0) is 9.59 Å². The minimum atomic E-state index is -0.255. The fourth-order valence-electron chi connectivity index (χ4n) is 2.50. The van der Waals surface area contributed by atoms with Crippen LogP contribution in [0.2, 0.25) is 0 Å². The Balaban J connectivity index is 1.73. The van der Waals surface area contributed by atoms with Gasteiger partial charge in [-0.1, -0.05) is 17.4 Å². The molecule has 0 saturated carbocycles. The van der Waals surface area contributed by atoms with Crippen LogP contribution >= 0.6 is 27.3 Å². The Morgan fingerprint density at radius 3 is 3.16 bits per heavy atom. The summed E-state index contributed by atoms with van der Waals surface area (Å²) >= 11 is 4.69. The number of nitrogens with one attached hydrogen (secondary N) is 1. The second kappa shape index (κ2) is 5.05. The maximum atomic E-state index is 12.3. The van der Waals surface area contributed by atoms with E-state index in [1.54, 1.807) is 6.20 Å². The molecule has 3 rings (SSSR count). The molecule has 5 nitrogen and oxygen atoms in total. The number of halogens is 1. The number of thiazole rings is 1. The number of carbonyl (C=O) groups excluding carboxylic acids is 2. The zero-order valence-electron chi connectivity index (χ0n) is 10.1. The Bertz CT molecular complexity index is 569. The maximum Gasteiger partial charge on any atom is 0.248 e. The summed E-state index contributed by atoms with van der Waals surface area (Å²) < 4.78 is 0.878. The number of amides is 1. The van der Waals surface area contributed by atoms with Crippen LogP contribution in [0.15, 0.2) is 21.8 Å². The van der Waals surface area contributed by atoms with Crippen molar-refractivity contribution >= 4 is 44.1 Å². The molecule has 1 aromatic heterocycles. The highest BCUT2D eigenvalue weighted by atomic mass is 79.9. The third-order valence-corrected chi connectivity index (χ3v) is 4.73. The van der Waals surface area contributed by atoms with Crippen molar-refractivity contribution in [3.05, 3.63) is 21.8 Å². The number of nitrogens with zero attached hydrogens (tertiary/aromatic N) is 2. The number of hydrogen-bond acceptors (Lipinski definition) is 5. The zero-order chi connectivity index (χ0) is 13.4. The van der Waals surface area contributed by atoms with E-state index in [-0.39, 0.29) is 17.7 Å². The smallest absolute Gasteiger partial charge is 0.248 e. The van der Waals surface area contributed by atoms with Gasteiger partial charge in [0.25, 0.3) is 0 Å². The Kier molecular flexibility index (Phi) is 3.40. The van der Waals surface area contributed by atoms with E-state index >= 15 is 0 Å². The van der Waals surface area contributed by atoms with Crippen LogP contribution in [0.1, 0.15) is 19.3 Å². The molecule has 2 aliphatic rings. The van der Waals surface area contributed by atoms with Gasteiger partial charge in [0.15, 0.2) is 10.9 Å². The number of allylic oxidation sites excluding steroid dienone is 1. The average molecular weight is 342 g/mol. The number of carbonyl (C=O) groups is 2. The van der Waals surface area contributed by atoms with Crippen LogP contribution < -0.4 is 5.32 Å². The molecule has 1 saturated heterocycles. The molecule has 0 radical (unpaired) electrons. The first-order valence-electron chi connectivity index (χ1n) is 6.07. The van der Waals surface area contributed by atoms with Crippen molar-refractivity contribution in [3.63, 3.8) is 0 Å². The number of aromatic nitrogens is 1. The fourth-order valence-corrected chi connectivity index (χ4v) is 3.61. The van der Waals surface area contributed by atoms with Crippen molar-refractivity contribution in [3.8, 4) is 0 Å². The van der Waals surface area contributed by atoms with Crippen molar-refractivity contribution in [2.75, 3.05) is 11.9 Å². The zero-order valence-corrected chi connectivity index (χ0v) is 12.5. The number of rotatable bonds is 2. The maximum absolute atomic E-state index is 12.3. The molecule has 0 spiro atoms. The Morgan fingerprint density at radius 2 is 2.42 bits per heavy atom. The normalized spacial score (nSPS) is 22.2. The first kappa shape index (κ1) is 12.8. The largest absolute Gasteiger partial charge is 0.357 e. The molecule has 1 amide bonds.